The van der Waals surface area contributed by atoms with E-state index in [0.29, 0.717) is 55.0 Å². The molecule has 0 aliphatic rings. The van der Waals surface area contributed by atoms with Gasteiger partial charge in [0.1, 0.15) is 11.6 Å². The quantitative estimate of drug-likeness (QED) is 0.311. The van der Waals surface area contributed by atoms with Crippen LogP contribution in [0.3, 0.4) is 0 Å². The molecule has 1 unspecified atom stereocenters. The van der Waals surface area contributed by atoms with Gasteiger partial charge in [0.05, 0.1) is 35.8 Å². The second-order valence-electron chi connectivity index (χ2n) is 8.52. The molecule has 0 spiro atoms. The number of unbranched alkanes of at least 4 members (excludes halogenated alkanes) is 2. The summed E-state index contributed by atoms with van der Waals surface area (Å²) in [6.45, 7) is 7.49. The van der Waals surface area contributed by atoms with Gasteiger partial charge in [0.25, 0.3) is 5.56 Å². The van der Waals surface area contributed by atoms with Crippen LogP contribution in [-0.4, -0.2) is 47.2 Å². The summed E-state index contributed by atoms with van der Waals surface area (Å²) in [5.41, 5.74) is 1.16. The van der Waals surface area contributed by atoms with Crippen molar-refractivity contribution < 1.29 is 14.3 Å². The van der Waals surface area contributed by atoms with Gasteiger partial charge in [-0.3, -0.25) is 14.2 Å². The van der Waals surface area contributed by atoms with Gasteiger partial charge >= 0.3 is 0 Å². The molecule has 188 valence electrons. The molecule has 0 aliphatic carbocycles. The number of benzene rings is 2. The maximum atomic E-state index is 13.8. The van der Waals surface area contributed by atoms with Crippen LogP contribution >= 0.6 is 0 Å². The van der Waals surface area contributed by atoms with E-state index in [-0.39, 0.29) is 17.5 Å². The van der Waals surface area contributed by atoms with Crippen molar-refractivity contribution in [3.05, 3.63) is 64.7 Å². The summed E-state index contributed by atoms with van der Waals surface area (Å²) in [6.07, 6.45) is 3.98. The van der Waals surface area contributed by atoms with Crippen molar-refractivity contribution in [2.75, 3.05) is 26.9 Å². The first-order valence-corrected chi connectivity index (χ1v) is 12.6. The molecule has 0 saturated heterocycles. The normalized spacial score (nSPS) is 12.0. The van der Waals surface area contributed by atoms with Gasteiger partial charge in [0.15, 0.2) is 0 Å². The number of hydrogen-bond donors (Lipinski definition) is 0. The van der Waals surface area contributed by atoms with Gasteiger partial charge in [-0.25, -0.2) is 4.98 Å². The summed E-state index contributed by atoms with van der Waals surface area (Å²) in [5, 5.41) is 0.540. The van der Waals surface area contributed by atoms with Crippen molar-refractivity contribution in [2.24, 2.45) is 0 Å². The highest BCUT2D eigenvalue weighted by Gasteiger charge is 2.28. The topological polar surface area (TPSA) is 73.7 Å². The largest absolute Gasteiger partial charge is 0.494 e. The summed E-state index contributed by atoms with van der Waals surface area (Å²) in [5.74, 6) is 1.35. The van der Waals surface area contributed by atoms with Crippen LogP contribution in [0.25, 0.3) is 16.6 Å². The first-order chi connectivity index (χ1) is 17.0. The number of ether oxygens (including phenoxy) is 2. The van der Waals surface area contributed by atoms with Crippen molar-refractivity contribution in [3.63, 3.8) is 0 Å². The molecule has 0 aliphatic heterocycles. The number of aromatic nitrogens is 2. The number of methoxy groups -OCH3 is 1. The Balaban J connectivity index is 2.16. The van der Waals surface area contributed by atoms with Crippen LogP contribution in [0.5, 0.6) is 5.75 Å². The maximum absolute atomic E-state index is 13.8. The standard InChI is InChI=1S/C28H37N3O4/c1-5-8-9-14-26(32)30(19-20-34-4)25(6-2)27-29-24-13-11-10-12-23(24)28(33)31(27)21-15-17-22(18-16-21)35-7-3/h10-13,15-18,25H,5-9,14,19-20H2,1-4H3. The van der Waals surface area contributed by atoms with Gasteiger partial charge < -0.3 is 14.4 Å². The SMILES string of the molecule is CCCCCC(=O)N(CCOC)C(CC)c1nc2ccccc2c(=O)n1-c1ccc(OCC)cc1. The number of rotatable bonds is 13. The zero-order valence-corrected chi connectivity index (χ0v) is 21.3. The third-order valence-electron chi connectivity index (χ3n) is 6.12. The Kier molecular flexibility index (Phi) is 9.85. The third kappa shape index (κ3) is 6.28. The summed E-state index contributed by atoms with van der Waals surface area (Å²) in [6, 6.07) is 14.4. The Labute approximate surface area is 207 Å². The van der Waals surface area contributed by atoms with E-state index in [9.17, 15) is 9.59 Å². The van der Waals surface area contributed by atoms with Crippen LogP contribution in [0.15, 0.2) is 53.3 Å². The second-order valence-corrected chi connectivity index (χ2v) is 8.52. The van der Waals surface area contributed by atoms with Gasteiger partial charge in [0, 0.05) is 20.1 Å². The highest BCUT2D eigenvalue weighted by molar-refractivity contribution is 5.79. The second kappa shape index (κ2) is 13.0. The number of nitrogens with zero attached hydrogens (tertiary/aromatic N) is 3. The predicted octanol–water partition coefficient (Wildman–Crippen LogP) is 5.29. The first kappa shape index (κ1) is 26.4. The summed E-state index contributed by atoms with van der Waals surface area (Å²) >= 11 is 0. The molecule has 7 heteroatoms. The smallest absolute Gasteiger partial charge is 0.266 e. The number of fused-ring (bicyclic) bond motifs is 1. The number of amides is 1. The van der Waals surface area contributed by atoms with Crippen LogP contribution in [0.2, 0.25) is 0 Å². The van der Waals surface area contributed by atoms with E-state index in [1.165, 1.54) is 0 Å². The minimum Gasteiger partial charge on any atom is -0.494 e. The van der Waals surface area contributed by atoms with Gasteiger partial charge in [-0.2, -0.15) is 0 Å². The van der Waals surface area contributed by atoms with Crippen molar-refractivity contribution in [1.29, 1.82) is 0 Å². The van der Waals surface area contributed by atoms with E-state index < -0.39 is 0 Å². The molecule has 1 heterocycles. The fraction of sp³-hybridized carbons (Fsp3) is 0.464. The molecule has 3 rings (SSSR count). The van der Waals surface area contributed by atoms with Gasteiger partial charge in [-0.1, -0.05) is 38.8 Å². The lowest BCUT2D eigenvalue weighted by molar-refractivity contribution is -0.135. The molecule has 0 radical (unpaired) electrons. The summed E-state index contributed by atoms with van der Waals surface area (Å²) in [7, 11) is 1.63. The molecule has 0 saturated carbocycles. The van der Waals surface area contributed by atoms with Crippen molar-refractivity contribution in [2.45, 2.75) is 58.9 Å². The number of hydrogen-bond acceptors (Lipinski definition) is 5. The zero-order chi connectivity index (χ0) is 25.2. The van der Waals surface area contributed by atoms with Gasteiger partial charge in [-0.05, 0) is 56.2 Å². The van der Waals surface area contributed by atoms with E-state index in [1.54, 1.807) is 17.7 Å². The number of carbonyl (C=O) groups excluding carboxylic acids is 1. The Hall–Kier alpha value is -3.19. The van der Waals surface area contributed by atoms with Crippen molar-refractivity contribution in [3.8, 4) is 11.4 Å². The fourth-order valence-electron chi connectivity index (χ4n) is 4.34. The molecule has 1 aromatic heterocycles. The Morgan fingerprint density at radius 3 is 2.46 bits per heavy atom. The molecule has 7 nitrogen and oxygen atoms in total. The molecule has 1 atom stereocenters. The Bertz CT molecular complexity index is 1160. The van der Waals surface area contributed by atoms with Gasteiger partial charge in [0.2, 0.25) is 5.91 Å². The highest BCUT2D eigenvalue weighted by atomic mass is 16.5. The third-order valence-corrected chi connectivity index (χ3v) is 6.12. The molecular weight excluding hydrogens is 442 g/mol. The van der Waals surface area contributed by atoms with Crippen LogP contribution in [-0.2, 0) is 9.53 Å². The fourth-order valence-corrected chi connectivity index (χ4v) is 4.34. The molecule has 0 bridgehead atoms. The minimum absolute atomic E-state index is 0.0583. The van der Waals surface area contributed by atoms with Crippen LogP contribution in [0.4, 0.5) is 0 Å². The molecular formula is C28H37N3O4. The lowest BCUT2D eigenvalue weighted by Crippen LogP contribution is -2.40. The first-order valence-electron chi connectivity index (χ1n) is 12.6. The lowest BCUT2D eigenvalue weighted by Gasteiger charge is -2.32. The highest BCUT2D eigenvalue weighted by Crippen LogP contribution is 2.27. The van der Waals surface area contributed by atoms with Crippen LogP contribution in [0.1, 0.15) is 64.7 Å². The number of carbonyl (C=O) groups is 1. The minimum atomic E-state index is -0.372. The monoisotopic (exact) mass is 479 g/mol. The summed E-state index contributed by atoms with van der Waals surface area (Å²) in [4.78, 5) is 33.9. The average Bonchev–Trinajstić information content (AvgIpc) is 2.87. The molecule has 2 aromatic carbocycles. The average molecular weight is 480 g/mol. The molecule has 3 aromatic rings. The summed E-state index contributed by atoms with van der Waals surface area (Å²) < 4.78 is 12.6. The zero-order valence-electron chi connectivity index (χ0n) is 21.3. The molecule has 35 heavy (non-hydrogen) atoms. The Morgan fingerprint density at radius 1 is 1.06 bits per heavy atom. The van der Waals surface area contributed by atoms with E-state index in [4.69, 9.17) is 14.5 Å². The van der Waals surface area contributed by atoms with E-state index in [2.05, 4.69) is 6.92 Å². The van der Waals surface area contributed by atoms with Gasteiger partial charge in [-0.15, -0.1) is 0 Å². The predicted molar refractivity (Wildman–Crippen MR) is 139 cm³/mol. The van der Waals surface area contributed by atoms with Crippen molar-refractivity contribution in [1.82, 2.24) is 14.5 Å². The van der Waals surface area contributed by atoms with E-state index >= 15 is 0 Å². The van der Waals surface area contributed by atoms with Crippen LogP contribution in [0, 0.1) is 0 Å². The maximum Gasteiger partial charge on any atom is 0.266 e. The molecule has 0 fully saturated rings. The van der Waals surface area contributed by atoms with Crippen molar-refractivity contribution >= 4 is 16.8 Å². The molecule has 0 N–H and O–H groups in total. The van der Waals surface area contributed by atoms with Crippen LogP contribution < -0.4 is 10.3 Å². The Morgan fingerprint density at radius 2 is 1.80 bits per heavy atom. The lowest BCUT2D eigenvalue weighted by atomic mass is 10.1. The van der Waals surface area contributed by atoms with E-state index in [0.717, 1.165) is 25.0 Å². The number of para-hydroxylation sites is 1. The molecule has 1 amide bonds. The van der Waals surface area contributed by atoms with E-state index in [1.807, 2.05) is 61.2 Å².